The van der Waals surface area contributed by atoms with Gasteiger partial charge < -0.3 is 4.74 Å². The van der Waals surface area contributed by atoms with Crippen LogP contribution in [0.3, 0.4) is 0 Å². The number of hydrogen-bond acceptors (Lipinski definition) is 4. The number of carbonyl (C=O) groups is 1. The SMILES string of the molecule is CCS(=O)(=O)Nc1ccc(C(=O)C=Cc2ccccc2OC)cc1. The third-order valence-electron chi connectivity index (χ3n) is 3.38. The Morgan fingerprint density at radius 1 is 1.12 bits per heavy atom. The van der Waals surface area contributed by atoms with Crippen LogP contribution in [0.4, 0.5) is 5.69 Å². The third-order valence-corrected chi connectivity index (χ3v) is 4.68. The van der Waals surface area contributed by atoms with E-state index in [4.69, 9.17) is 4.74 Å². The summed E-state index contributed by atoms with van der Waals surface area (Å²) in [5, 5.41) is 0. The number of allylic oxidation sites excluding steroid dienone is 1. The molecule has 6 heteroatoms. The van der Waals surface area contributed by atoms with Crippen molar-refractivity contribution in [2.24, 2.45) is 0 Å². The van der Waals surface area contributed by atoms with Crippen molar-refractivity contribution < 1.29 is 17.9 Å². The van der Waals surface area contributed by atoms with Crippen LogP contribution in [0.15, 0.2) is 54.6 Å². The van der Waals surface area contributed by atoms with E-state index in [-0.39, 0.29) is 11.5 Å². The van der Waals surface area contributed by atoms with Crippen LogP contribution in [0.1, 0.15) is 22.8 Å². The van der Waals surface area contributed by atoms with E-state index in [1.807, 2.05) is 24.3 Å². The van der Waals surface area contributed by atoms with Gasteiger partial charge in [0.05, 0.1) is 12.9 Å². The fraction of sp³-hybridized carbons (Fsp3) is 0.167. The van der Waals surface area contributed by atoms with Crippen molar-refractivity contribution in [2.75, 3.05) is 17.6 Å². The van der Waals surface area contributed by atoms with Gasteiger partial charge in [0, 0.05) is 16.8 Å². The number of para-hydroxylation sites is 1. The van der Waals surface area contributed by atoms with Gasteiger partial charge in [0.15, 0.2) is 5.78 Å². The van der Waals surface area contributed by atoms with Crippen molar-refractivity contribution in [3.05, 3.63) is 65.7 Å². The van der Waals surface area contributed by atoms with Gasteiger partial charge in [-0.05, 0) is 49.4 Å². The first-order valence-corrected chi connectivity index (χ1v) is 9.06. The Morgan fingerprint density at radius 3 is 2.42 bits per heavy atom. The normalized spacial score (nSPS) is 11.4. The number of benzene rings is 2. The molecule has 0 unspecified atom stereocenters. The molecule has 1 N–H and O–H groups in total. The van der Waals surface area contributed by atoms with Crippen LogP contribution in [-0.4, -0.2) is 27.1 Å². The summed E-state index contributed by atoms with van der Waals surface area (Å²) in [6.45, 7) is 1.56. The molecule has 0 atom stereocenters. The Kier molecular flexibility index (Phi) is 5.76. The van der Waals surface area contributed by atoms with Crippen LogP contribution in [-0.2, 0) is 10.0 Å². The van der Waals surface area contributed by atoms with Gasteiger partial charge in [0.1, 0.15) is 5.75 Å². The van der Waals surface area contributed by atoms with E-state index in [0.29, 0.717) is 17.0 Å². The molecular weight excluding hydrogens is 326 g/mol. The van der Waals surface area contributed by atoms with E-state index in [2.05, 4.69) is 4.72 Å². The average molecular weight is 345 g/mol. The van der Waals surface area contributed by atoms with Crippen LogP contribution in [0.25, 0.3) is 6.08 Å². The fourth-order valence-electron chi connectivity index (χ4n) is 2.02. The Balaban J connectivity index is 2.11. The summed E-state index contributed by atoms with van der Waals surface area (Å²) in [5.41, 5.74) is 1.71. The van der Waals surface area contributed by atoms with Gasteiger partial charge in [0.2, 0.25) is 10.0 Å². The third kappa shape index (κ3) is 4.70. The quantitative estimate of drug-likeness (QED) is 0.617. The highest BCUT2D eigenvalue weighted by Crippen LogP contribution is 2.19. The van der Waals surface area contributed by atoms with Crippen molar-refractivity contribution in [1.82, 2.24) is 0 Å². The van der Waals surface area contributed by atoms with Gasteiger partial charge in [0.25, 0.3) is 0 Å². The second-order valence-corrected chi connectivity index (χ2v) is 7.03. The summed E-state index contributed by atoms with van der Waals surface area (Å²) in [4.78, 5) is 12.2. The number of sulfonamides is 1. The highest BCUT2D eigenvalue weighted by Gasteiger charge is 2.08. The smallest absolute Gasteiger partial charge is 0.232 e. The Bertz CT molecular complexity index is 840. The van der Waals surface area contributed by atoms with E-state index < -0.39 is 10.0 Å². The van der Waals surface area contributed by atoms with Crippen molar-refractivity contribution in [2.45, 2.75) is 6.92 Å². The first kappa shape index (κ1) is 17.7. The first-order chi connectivity index (χ1) is 11.4. The lowest BCUT2D eigenvalue weighted by atomic mass is 10.1. The minimum atomic E-state index is -3.32. The molecule has 0 spiro atoms. The van der Waals surface area contributed by atoms with Crippen LogP contribution in [0.2, 0.25) is 0 Å². The summed E-state index contributed by atoms with van der Waals surface area (Å²) < 4.78 is 30.7. The molecule has 5 nitrogen and oxygen atoms in total. The van der Waals surface area contributed by atoms with Gasteiger partial charge in [-0.25, -0.2) is 8.42 Å². The van der Waals surface area contributed by atoms with E-state index in [1.165, 1.54) is 6.08 Å². The molecule has 0 aromatic heterocycles. The number of anilines is 1. The topological polar surface area (TPSA) is 72.5 Å². The van der Waals surface area contributed by atoms with Crippen LogP contribution in [0, 0.1) is 0 Å². The molecule has 0 heterocycles. The number of rotatable bonds is 7. The van der Waals surface area contributed by atoms with E-state index in [0.717, 1.165) is 5.56 Å². The van der Waals surface area contributed by atoms with Crippen LogP contribution >= 0.6 is 0 Å². The predicted octanol–water partition coefficient (Wildman–Crippen LogP) is 3.35. The maximum absolute atomic E-state index is 12.2. The number of ether oxygens (including phenoxy) is 1. The van der Waals surface area contributed by atoms with Gasteiger partial charge in [-0.3, -0.25) is 9.52 Å². The highest BCUT2D eigenvalue weighted by molar-refractivity contribution is 7.92. The molecule has 0 aliphatic carbocycles. The molecule has 24 heavy (non-hydrogen) atoms. The number of carbonyl (C=O) groups excluding carboxylic acids is 1. The highest BCUT2D eigenvalue weighted by atomic mass is 32.2. The van der Waals surface area contributed by atoms with Crippen molar-refractivity contribution in [3.63, 3.8) is 0 Å². The minimum Gasteiger partial charge on any atom is -0.496 e. The zero-order valence-corrected chi connectivity index (χ0v) is 14.3. The molecule has 0 amide bonds. The summed E-state index contributed by atoms with van der Waals surface area (Å²) in [7, 11) is -1.75. The number of ketones is 1. The molecule has 2 aromatic carbocycles. The summed E-state index contributed by atoms with van der Waals surface area (Å²) in [6, 6.07) is 13.7. The number of methoxy groups -OCH3 is 1. The molecule has 126 valence electrons. The maximum atomic E-state index is 12.2. The molecule has 0 aliphatic heterocycles. The molecule has 0 bridgehead atoms. The second-order valence-electron chi connectivity index (χ2n) is 5.02. The largest absolute Gasteiger partial charge is 0.496 e. The Labute approximate surface area is 142 Å². The van der Waals surface area contributed by atoms with E-state index in [9.17, 15) is 13.2 Å². The van der Waals surface area contributed by atoms with E-state index in [1.54, 1.807) is 44.4 Å². The number of hydrogen-bond donors (Lipinski definition) is 1. The standard InChI is InChI=1S/C18H19NO4S/c1-3-24(21,22)19-16-11-8-14(9-12-16)17(20)13-10-15-6-4-5-7-18(15)23-2/h4-13,19H,3H2,1-2H3. The molecule has 0 radical (unpaired) electrons. The first-order valence-electron chi connectivity index (χ1n) is 7.41. The van der Waals surface area contributed by atoms with Gasteiger partial charge >= 0.3 is 0 Å². The molecular formula is C18H19NO4S. The van der Waals surface area contributed by atoms with Crippen LogP contribution in [0.5, 0.6) is 5.75 Å². The minimum absolute atomic E-state index is 0.00463. The van der Waals surface area contributed by atoms with Crippen LogP contribution < -0.4 is 9.46 Å². The average Bonchev–Trinajstić information content (AvgIpc) is 2.60. The lowest BCUT2D eigenvalue weighted by Gasteiger charge is -2.06. The molecule has 0 saturated carbocycles. The molecule has 0 aliphatic rings. The molecule has 0 fully saturated rings. The van der Waals surface area contributed by atoms with Gasteiger partial charge in [-0.1, -0.05) is 18.2 Å². The van der Waals surface area contributed by atoms with Crippen molar-refractivity contribution in [1.29, 1.82) is 0 Å². The number of nitrogens with one attached hydrogen (secondary N) is 1. The molecule has 2 aromatic rings. The molecule has 2 rings (SSSR count). The lowest BCUT2D eigenvalue weighted by Crippen LogP contribution is -2.14. The Hall–Kier alpha value is -2.60. The van der Waals surface area contributed by atoms with Crippen molar-refractivity contribution in [3.8, 4) is 5.75 Å². The summed E-state index contributed by atoms with van der Waals surface area (Å²) >= 11 is 0. The van der Waals surface area contributed by atoms with Gasteiger partial charge in [-0.2, -0.15) is 0 Å². The van der Waals surface area contributed by atoms with E-state index >= 15 is 0 Å². The lowest BCUT2D eigenvalue weighted by molar-refractivity contribution is 0.104. The molecule has 0 saturated heterocycles. The summed E-state index contributed by atoms with van der Waals surface area (Å²) in [5.74, 6) is 0.506. The van der Waals surface area contributed by atoms with Crippen molar-refractivity contribution >= 4 is 27.6 Å². The zero-order valence-electron chi connectivity index (χ0n) is 13.5. The Morgan fingerprint density at radius 2 is 1.79 bits per heavy atom. The zero-order chi connectivity index (χ0) is 17.6. The monoisotopic (exact) mass is 345 g/mol. The summed E-state index contributed by atoms with van der Waals surface area (Å²) in [6.07, 6.45) is 3.15. The maximum Gasteiger partial charge on any atom is 0.232 e. The predicted molar refractivity (Wildman–Crippen MR) is 95.9 cm³/mol. The fourth-order valence-corrected chi connectivity index (χ4v) is 2.66. The van der Waals surface area contributed by atoms with Gasteiger partial charge in [-0.15, -0.1) is 0 Å². The second kappa shape index (κ2) is 7.79.